The number of rotatable bonds is 4. The number of nitrogens with two attached hydrogens (primary N) is 1. The summed E-state index contributed by atoms with van der Waals surface area (Å²) < 4.78 is 28.3. The van der Waals surface area contributed by atoms with Crippen LogP contribution in [0.2, 0.25) is 0 Å². The third-order valence-corrected chi connectivity index (χ3v) is 4.19. The molecule has 1 aromatic carbocycles. The van der Waals surface area contributed by atoms with E-state index in [-0.39, 0.29) is 11.0 Å². The highest BCUT2D eigenvalue weighted by Gasteiger charge is 2.17. The predicted octanol–water partition coefficient (Wildman–Crippen LogP) is 1.23. The van der Waals surface area contributed by atoms with E-state index in [1.54, 1.807) is 13.0 Å². The molecule has 3 N–H and O–H groups in total. The topological polar surface area (TPSA) is 81.4 Å². The van der Waals surface area contributed by atoms with Crippen LogP contribution in [0.3, 0.4) is 0 Å². The molecule has 0 radical (unpaired) electrons. The molecule has 1 aliphatic heterocycles. The lowest BCUT2D eigenvalue weighted by molar-refractivity contribution is 0.120. The Balaban J connectivity index is 2.13. The molecule has 1 aromatic rings. The summed E-state index contributed by atoms with van der Waals surface area (Å²) in [6, 6.07) is 5.05. The number of anilines is 1. The van der Waals surface area contributed by atoms with E-state index in [0.717, 1.165) is 25.1 Å². The summed E-state index contributed by atoms with van der Waals surface area (Å²) in [4.78, 5) is 0.167. The molecule has 0 spiro atoms. The number of benzene rings is 1. The van der Waals surface area contributed by atoms with Crippen LogP contribution in [0.1, 0.15) is 18.4 Å². The fourth-order valence-corrected chi connectivity index (χ4v) is 2.95. The van der Waals surface area contributed by atoms with E-state index < -0.39 is 10.0 Å². The Labute approximate surface area is 107 Å². The highest BCUT2D eigenvalue weighted by Crippen LogP contribution is 2.22. The summed E-state index contributed by atoms with van der Waals surface area (Å²) in [5.41, 5.74) is 1.44. The van der Waals surface area contributed by atoms with Crippen molar-refractivity contribution < 1.29 is 13.2 Å². The van der Waals surface area contributed by atoms with Gasteiger partial charge in [0.2, 0.25) is 10.0 Å². The first-order valence-corrected chi connectivity index (χ1v) is 7.51. The Morgan fingerprint density at radius 3 is 2.89 bits per heavy atom. The van der Waals surface area contributed by atoms with E-state index >= 15 is 0 Å². The van der Waals surface area contributed by atoms with Crippen LogP contribution >= 0.6 is 0 Å². The van der Waals surface area contributed by atoms with E-state index in [4.69, 9.17) is 9.88 Å². The highest BCUT2D eigenvalue weighted by molar-refractivity contribution is 7.89. The molecule has 1 aliphatic rings. The van der Waals surface area contributed by atoms with Crippen LogP contribution in [0.5, 0.6) is 0 Å². The average Bonchev–Trinajstić information content (AvgIpc) is 2.79. The van der Waals surface area contributed by atoms with Crippen molar-refractivity contribution in [2.75, 3.05) is 18.5 Å². The molecule has 0 aliphatic carbocycles. The molecule has 0 saturated carbocycles. The molecule has 5 nitrogen and oxygen atoms in total. The normalized spacial score (nSPS) is 20.0. The van der Waals surface area contributed by atoms with Crippen molar-refractivity contribution >= 4 is 15.7 Å². The minimum atomic E-state index is -3.66. The average molecular weight is 270 g/mol. The van der Waals surface area contributed by atoms with Crippen LogP contribution < -0.4 is 10.5 Å². The molecular weight excluding hydrogens is 252 g/mol. The number of hydrogen-bond acceptors (Lipinski definition) is 4. The molecule has 0 amide bonds. The molecule has 2 rings (SSSR count). The van der Waals surface area contributed by atoms with Crippen LogP contribution in [0.4, 0.5) is 5.69 Å². The lowest BCUT2D eigenvalue weighted by atomic mass is 10.2. The zero-order chi connectivity index (χ0) is 13.2. The van der Waals surface area contributed by atoms with E-state index in [9.17, 15) is 8.42 Å². The van der Waals surface area contributed by atoms with Crippen molar-refractivity contribution in [1.29, 1.82) is 0 Å². The Hall–Kier alpha value is -1.11. The van der Waals surface area contributed by atoms with Gasteiger partial charge in [0.15, 0.2) is 0 Å². The molecule has 18 heavy (non-hydrogen) atoms. The number of primary sulfonamides is 1. The fourth-order valence-electron chi connectivity index (χ4n) is 2.14. The predicted molar refractivity (Wildman–Crippen MR) is 70.0 cm³/mol. The maximum absolute atomic E-state index is 11.4. The second-order valence-corrected chi connectivity index (χ2v) is 6.02. The molecule has 1 atom stereocenters. The van der Waals surface area contributed by atoms with Crippen molar-refractivity contribution in [3.05, 3.63) is 23.8 Å². The van der Waals surface area contributed by atoms with Crippen molar-refractivity contribution in [3.63, 3.8) is 0 Å². The largest absolute Gasteiger partial charge is 0.382 e. The van der Waals surface area contributed by atoms with Crippen molar-refractivity contribution in [1.82, 2.24) is 0 Å². The minimum Gasteiger partial charge on any atom is -0.382 e. The molecule has 6 heteroatoms. The summed E-state index contributed by atoms with van der Waals surface area (Å²) in [6.45, 7) is 3.25. The lowest BCUT2D eigenvalue weighted by Crippen LogP contribution is -2.20. The van der Waals surface area contributed by atoms with E-state index in [0.29, 0.717) is 12.1 Å². The SMILES string of the molecule is Cc1c(NCC2CCCO2)cccc1S(N)(=O)=O. The first kappa shape index (κ1) is 13.3. The Morgan fingerprint density at radius 1 is 1.50 bits per heavy atom. The Kier molecular flexibility index (Phi) is 3.89. The smallest absolute Gasteiger partial charge is 0.238 e. The Bertz CT molecular complexity index is 522. The quantitative estimate of drug-likeness (QED) is 0.862. The number of ether oxygens (including phenoxy) is 1. The van der Waals surface area contributed by atoms with Crippen molar-refractivity contribution in [3.8, 4) is 0 Å². The fraction of sp³-hybridized carbons (Fsp3) is 0.500. The molecule has 1 heterocycles. The van der Waals surface area contributed by atoms with Gasteiger partial charge in [-0.3, -0.25) is 0 Å². The summed E-state index contributed by atoms with van der Waals surface area (Å²) in [7, 11) is -3.66. The van der Waals surface area contributed by atoms with E-state index in [1.165, 1.54) is 6.07 Å². The first-order valence-electron chi connectivity index (χ1n) is 5.96. The highest BCUT2D eigenvalue weighted by atomic mass is 32.2. The zero-order valence-electron chi connectivity index (χ0n) is 10.3. The Morgan fingerprint density at radius 2 is 2.28 bits per heavy atom. The summed E-state index contributed by atoms with van der Waals surface area (Å²) in [6.07, 6.45) is 2.34. The van der Waals surface area contributed by atoms with Crippen LogP contribution in [-0.4, -0.2) is 27.7 Å². The van der Waals surface area contributed by atoms with E-state index in [2.05, 4.69) is 5.32 Å². The van der Waals surface area contributed by atoms with Crippen LogP contribution in [0, 0.1) is 6.92 Å². The maximum Gasteiger partial charge on any atom is 0.238 e. The van der Waals surface area contributed by atoms with Gasteiger partial charge in [0.1, 0.15) is 0 Å². The van der Waals surface area contributed by atoms with Crippen molar-refractivity contribution in [2.45, 2.75) is 30.8 Å². The summed E-state index contributed by atoms with van der Waals surface area (Å²) >= 11 is 0. The molecule has 1 saturated heterocycles. The lowest BCUT2D eigenvalue weighted by Gasteiger charge is -2.15. The summed E-state index contributed by atoms with van der Waals surface area (Å²) in [5.74, 6) is 0. The van der Waals surface area contributed by atoms with Gasteiger partial charge in [0.05, 0.1) is 11.0 Å². The molecule has 100 valence electrons. The van der Waals surface area contributed by atoms with Gasteiger partial charge in [0, 0.05) is 18.8 Å². The molecule has 1 fully saturated rings. The van der Waals surface area contributed by atoms with Gasteiger partial charge in [-0.15, -0.1) is 0 Å². The summed E-state index contributed by atoms with van der Waals surface area (Å²) in [5, 5.41) is 8.39. The van der Waals surface area contributed by atoms with Crippen LogP contribution in [0.25, 0.3) is 0 Å². The van der Waals surface area contributed by atoms with Gasteiger partial charge < -0.3 is 10.1 Å². The van der Waals surface area contributed by atoms with Crippen LogP contribution in [0.15, 0.2) is 23.1 Å². The zero-order valence-corrected chi connectivity index (χ0v) is 11.2. The van der Waals surface area contributed by atoms with Gasteiger partial charge in [-0.25, -0.2) is 13.6 Å². The molecule has 1 unspecified atom stereocenters. The minimum absolute atomic E-state index is 0.167. The van der Waals surface area contributed by atoms with Crippen molar-refractivity contribution in [2.24, 2.45) is 5.14 Å². The number of nitrogens with one attached hydrogen (secondary N) is 1. The van der Waals surface area contributed by atoms with Gasteiger partial charge in [0.25, 0.3) is 0 Å². The maximum atomic E-state index is 11.4. The number of hydrogen-bond donors (Lipinski definition) is 2. The second-order valence-electron chi connectivity index (χ2n) is 4.49. The monoisotopic (exact) mass is 270 g/mol. The van der Waals surface area contributed by atoms with Gasteiger partial charge in [-0.05, 0) is 37.5 Å². The standard InChI is InChI=1S/C12H18N2O3S/c1-9-11(14-8-10-4-3-7-17-10)5-2-6-12(9)18(13,15)16/h2,5-6,10,14H,3-4,7-8H2,1H3,(H2,13,15,16). The molecule has 0 bridgehead atoms. The van der Waals surface area contributed by atoms with E-state index in [1.807, 2.05) is 6.07 Å². The third kappa shape index (κ3) is 3.01. The number of sulfonamides is 1. The first-order chi connectivity index (χ1) is 8.48. The van der Waals surface area contributed by atoms with Crippen LogP contribution in [-0.2, 0) is 14.8 Å². The third-order valence-electron chi connectivity index (χ3n) is 3.13. The molecular formula is C12H18N2O3S. The second kappa shape index (κ2) is 5.26. The van der Waals surface area contributed by atoms with Gasteiger partial charge in [-0.1, -0.05) is 6.07 Å². The molecule has 0 aromatic heterocycles. The van der Waals surface area contributed by atoms with Gasteiger partial charge >= 0.3 is 0 Å². The van der Waals surface area contributed by atoms with Gasteiger partial charge in [-0.2, -0.15) is 0 Å².